The number of rotatable bonds is 6. The van der Waals surface area contributed by atoms with E-state index in [0.717, 1.165) is 0 Å². The van der Waals surface area contributed by atoms with Crippen molar-refractivity contribution in [2.45, 2.75) is 20.0 Å². The topological polar surface area (TPSA) is 107 Å². The molecule has 8 nitrogen and oxygen atoms in total. The maximum Gasteiger partial charge on any atom is 0.280 e. The number of carbonyl (C=O) groups excluding carboxylic acids is 1. The van der Waals surface area contributed by atoms with Gasteiger partial charge in [-0.2, -0.15) is 5.10 Å². The van der Waals surface area contributed by atoms with E-state index in [1.54, 1.807) is 32.2 Å². The Morgan fingerprint density at radius 1 is 1.29 bits per heavy atom. The number of amides is 1. The van der Waals surface area contributed by atoms with Gasteiger partial charge >= 0.3 is 0 Å². The van der Waals surface area contributed by atoms with Crippen molar-refractivity contribution < 1.29 is 14.5 Å². The third-order valence-corrected chi connectivity index (χ3v) is 3.10. The summed E-state index contributed by atoms with van der Waals surface area (Å²) >= 11 is 0. The van der Waals surface area contributed by atoms with E-state index in [2.05, 4.69) is 15.5 Å². The minimum Gasteiger partial charge on any atom is -0.481 e. The molecule has 0 saturated carbocycles. The molecule has 1 atom stereocenters. The number of hydrogen-bond donors (Lipinski definition) is 1. The molecule has 1 heterocycles. The number of nitro benzene ring substituents is 1. The zero-order chi connectivity index (χ0) is 17.5. The average Bonchev–Trinajstić information content (AvgIpc) is 2.60. The normalized spacial score (nSPS) is 12.3. The number of hydrogen-bond acceptors (Lipinski definition) is 6. The van der Waals surface area contributed by atoms with Gasteiger partial charge in [0.2, 0.25) is 0 Å². The molecule has 124 valence electrons. The largest absolute Gasteiger partial charge is 0.481 e. The van der Waals surface area contributed by atoms with Crippen molar-refractivity contribution in [3.8, 4) is 5.75 Å². The smallest absolute Gasteiger partial charge is 0.280 e. The highest BCUT2D eigenvalue weighted by Gasteiger charge is 2.15. The van der Waals surface area contributed by atoms with Crippen LogP contribution >= 0.6 is 0 Å². The lowest BCUT2D eigenvalue weighted by Gasteiger charge is -2.13. The molecule has 0 radical (unpaired) electrons. The summed E-state index contributed by atoms with van der Waals surface area (Å²) in [6.07, 6.45) is 0.822. The third-order valence-electron chi connectivity index (χ3n) is 3.10. The summed E-state index contributed by atoms with van der Waals surface area (Å²) in [7, 11) is 0. The molecular weight excluding hydrogens is 312 g/mol. The van der Waals surface area contributed by atoms with Crippen LogP contribution in [0.15, 0.2) is 53.8 Å². The van der Waals surface area contributed by atoms with E-state index in [9.17, 15) is 14.9 Å². The summed E-state index contributed by atoms with van der Waals surface area (Å²) in [5.74, 6) is -0.0858. The van der Waals surface area contributed by atoms with Crippen LogP contribution in [0.1, 0.15) is 19.5 Å². The number of benzene rings is 1. The number of carbonyl (C=O) groups is 1. The van der Waals surface area contributed by atoms with Crippen LogP contribution in [-0.2, 0) is 4.79 Å². The molecule has 1 amide bonds. The summed E-state index contributed by atoms with van der Waals surface area (Å²) in [5.41, 5.74) is 3.58. The van der Waals surface area contributed by atoms with Crippen LogP contribution in [0.25, 0.3) is 0 Å². The van der Waals surface area contributed by atoms with E-state index >= 15 is 0 Å². The fourth-order valence-electron chi connectivity index (χ4n) is 1.77. The van der Waals surface area contributed by atoms with Crippen LogP contribution in [0.3, 0.4) is 0 Å². The lowest BCUT2D eigenvalue weighted by Crippen LogP contribution is -2.34. The standard InChI is InChI=1S/C16H16N4O4/c1-11(15-5-3-4-10-17-15)18-19-16(21)12(2)24-14-8-6-13(7-9-14)20(22)23/h3-10,12H,1-2H3,(H,19,21)/b18-11-/t12-/m1/s1. The summed E-state index contributed by atoms with van der Waals surface area (Å²) in [4.78, 5) is 26.2. The van der Waals surface area contributed by atoms with Gasteiger partial charge in [-0.3, -0.25) is 19.9 Å². The fourth-order valence-corrected chi connectivity index (χ4v) is 1.77. The maximum absolute atomic E-state index is 12.0. The Kier molecular flexibility index (Phi) is 5.56. The van der Waals surface area contributed by atoms with Crippen molar-refractivity contribution >= 4 is 17.3 Å². The van der Waals surface area contributed by atoms with E-state index in [4.69, 9.17) is 4.74 Å². The van der Waals surface area contributed by atoms with Gasteiger partial charge in [-0.05, 0) is 38.1 Å². The second kappa shape index (κ2) is 7.82. The van der Waals surface area contributed by atoms with Crippen LogP contribution in [0.2, 0.25) is 0 Å². The van der Waals surface area contributed by atoms with Crippen LogP contribution in [0.4, 0.5) is 5.69 Å². The Balaban J connectivity index is 1.93. The zero-order valence-corrected chi connectivity index (χ0v) is 13.2. The predicted octanol–water partition coefficient (Wildman–Crippen LogP) is 2.30. The highest BCUT2D eigenvalue weighted by molar-refractivity contribution is 5.97. The number of non-ortho nitro benzene ring substituents is 1. The fraction of sp³-hybridized carbons (Fsp3) is 0.188. The Bertz CT molecular complexity index is 744. The quantitative estimate of drug-likeness (QED) is 0.497. The third kappa shape index (κ3) is 4.60. The second-order valence-corrected chi connectivity index (χ2v) is 4.90. The SMILES string of the molecule is C/C(=N/NC(=O)[C@@H](C)Oc1ccc([N+](=O)[O-])cc1)c1ccccn1. The number of nitrogens with zero attached hydrogens (tertiary/aromatic N) is 3. The Labute approximate surface area is 138 Å². The molecule has 2 rings (SSSR count). The lowest BCUT2D eigenvalue weighted by molar-refractivity contribution is -0.384. The molecule has 0 bridgehead atoms. The number of aromatic nitrogens is 1. The van der Waals surface area contributed by atoms with Crippen molar-refractivity contribution in [3.63, 3.8) is 0 Å². The van der Waals surface area contributed by atoms with Gasteiger partial charge in [0.15, 0.2) is 6.10 Å². The second-order valence-electron chi connectivity index (χ2n) is 4.90. The van der Waals surface area contributed by atoms with Crippen LogP contribution in [0, 0.1) is 10.1 Å². The van der Waals surface area contributed by atoms with Gasteiger partial charge in [-0.25, -0.2) is 5.43 Å². The Morgan fingerprint density at radius 2 is 2.00 bits per heavy atom. The summed E-state index contributed by atoms with van der Waals surface area (Å²) in [6.45, 7) is 3.28. The predicted molar refractivity (Wildman–Crippen MR) is 87.8 cm³/mol. The van der Waals surface area contributed by atoms with Crippen LogP contribution in [0.5, 0.6) is 5.75 Å². The molecule has 0 aliphatic rings. The monoisotopic (exact) mass is 328 g/mol. The number of pyridine rings is 1. The lowest BCUT2D eigenvalue weighted by atomic mass is 10.3. The highest BCUT2D eigenvalue weighted by Crippen LogP contribution is 2.18. The van der Waals surface area contributed by atoms with E-state index in [0.29, 0.717) is 17.2 Å². The van der Waals surface area contributed by atoms with Crippen molar-refractivity contribution in [1.29, 1.82) is 0 Å². The first kappa shape index (κ1) is 17.1. The average molecular weight is 328 g/mol. The van der Waals surface area contributed by atoms with Crippen LogP contribution in [-0.4, -0.2) is 27.6 Å². The van der Waals surface area contributed by atoms with Gasteiger partial charge in [0.05, 0.1) is 16.3 Å². The summed E-state index contributed by atoms with van der Waals surface area (Å²) < 4.78 is 5.43. The maximum atomic E-state index is 12.0. The molecule has 2 aromatic rings. The minimum atomic E-state index is -0.813. The van der Waals surface area contributed by atoms with Crippen LogP contribution < -0.4 is 10.2 Å². The molecule has 0 aliphatic heterocycles. The zero-order valence-electron chi connectivity index (χ0n) is 13.2. The molecule has 0 fully saturated rings. The van der Waals surface area contributed by atoms with Gasteiger partial charge in [-0.1, -0.05) is 6.07 Å². The van der Waals surface area contributed by atoms with Gasteiger partial charge in [0.25, 0.3) is 11.6 Å². The minimum absolute atomic E-state index is 0.0463. The first-order chi connectivity index (χ1) is 11.5. The van der Waals surface area contributed by atoms with Crippen molar-refractivity contribution in [1.82, 2.24) is 10.4 Å². The van der Waals surface area contributed by atoms with E-state index in [1.165, 1.54) is 24.3 Å². The summed E-state index contributed by atoms with van der Waals surface area (Å²) in [5, 5.41) is 14.6. The van der Waals surface area contributed by atoms with Gasteiger partial charge in [0, 0.05) is 18.3 Å². The number of nitrogens with one attached hydrogen (secondary N) is 1. The molecule has 1 aromatic heterocycles. The molecule has 0 saturated heterocycles. The molecule has 0 unspecified atom stereocenters. The Morgan fingerprint density at radius 3 is 2.58 bits per heavy atom. The number of nitro groups is 1. The first-order valence-electron chi connectivity index (χ1n) is 7.14. The van der Waals surface area contributed by atoms with Crippen molar-refractivity contribution in [2.24, 2.45) is 5.10 Å². The number of ether oxygens (including phenoxy) is 1. The van der Waals surface area contributed by atoms with E-state index < -0.39 is 16.9 Å². The van der Waals surface area contributed by atoms with Gasteiger partial charge in [-0.15, -0.1) is 0 Å². The van der Waals surface area contributed by atoms with E-state index in [-0.39, 0.29) is 5.69 Å². The first-order valence-corrected chi connectivity index (χ1v) is 7.14. The molecule has 1 N–H and O–H groups in total. The number of hydrazone groups is 1. The van der Waals surface area contributed by atoms with Gasteiger partial charge < -0.3 is 4.74 Å². The highest BCUT2D eigenvalue weighted by atomic mass is 16.6. The van der Waals surface area contributed by atoms with E-state index in [1.807, 2.05) is 6.07 Å². The molecule has 0 aliphatic carbocycles. The molecule has 24 heavy (non-hydrogen) atoms. The van der Waals surface area contributed by atoms with Crippen molar-refractivity contribution in [2.75, 3.05) is 0 Å². The molecule has 8 heteroatoms. The Hall–Kier alpha value is -3.29. The summed E-state index contributed by atoms with van der Waals surface area (Å²) in [6, 6.07) is 10.9. The van der Waals surface area contributed by atoms with Gasteiger partial charge in [0.1, 0.15) is 5.75 Å². The molecule has 0 spiro atoms. The molecular formula is C16H16N4O4. The van der Waals surface area contributed by atoms with Crippen molar-refractivity contribution in [3.05, 3.63) is 64.5 Å². The molecule has 1 aromatic carbocycles.